The van der Waals surface area contributed by atoms with E-state index in [9.17, 15) is 0 Å². The fourth-order valence-electron chi connectivity index (χ4n) is 2.44. The number of nitrogens with one attached hydrogen (secondary N) is 2. The SMILES string of the molecule is CNc1nc(Nc2ccc(C#N)cc2)ncc1C#C[C@H]1C[C@@H](N)C1. The van der Waals surface area contributed by atoms with Gasteiger partial charge in [0.15, 0.2) is 0 Å². The van der Waals surface area contributed by atoms with E-state index in [2.05, 4.69) is 38.5 Å². The zero-order valence-electron chi connectivity index (χ0n) is 13.4. The van der Waals surface area contributed by atoms with E-state index in [-0.39, 0.29) is 0 Å². The minimum atomic E-state index is 0.295. The van der Waals surface area contributed by atoms with Crippen molar-refractivity contribution in [2.24, 2.45) is 11.7 Å². The molecule has 0 spiro atoms. The number of nitrogens with zero attached hydrogens (tertiary/aromatic N) is 3. The molecule has 1 saturated carbocycles. The van der Waals surface area contributed by atoms with Gasteiger partial charge < -0.3 is 16.4 Å². The van der Waals surface area contributed by atoms with Crippen LogP contribution < -0.4 is 16.4 Å². The first-order valence-electron chi connectivity index (χ1n) is 7.77. The number of nitriles is 1. The predicted octanol–water partition coefficient (Wildman–Crippen LogP) is 2.22. The van der Waals surface area contributed by atoms with Gasteiger partial charge in [-0.15, -0.1) is 0 Å². The van der Waals surface area contributed by atoms with Gasteiger partial charge in [-0.1, -0.05) is 11.8 Å². The molecule has 4 N–H and O–H groups in total. The van der Waals surface area contributed by atoms with Crippen LogP contribution in [0.1, 0.15) is 24.0 Å². The lowest BCUT2D eigenvalue weighted by Crippen LogP contribution is -2.35. The molecule has 3 rings (SSSR count). The Hall–Kier alpha value is -3.09. The molecular formula is C18H18N6. The predicted molar refractivity (Wildman–Crippen MR) is 93.6 cm³/mol. The Balaban J connectivity index is 1.74. The van der Waals surface area contributed by atoms with Gasteiger partial charge in [-0.05, 0) is 37.1 Å². The second-order valence-corrected chi connectivity index (χ2v) is 5.72. The summed E-state index contributed by atoms with van der Waals surface area (Å²) in [6.07, 6.45) is 3.62. The largest absolute Gasteiger partial charge is 0.372 e. The normalized spacial score (nSPS) is 18.5. The molecule has 1 aromatic carbocycles. The van der Waals surface area contributed by atoms with Crippen molar-refractivity contribution in [3.63, 3.8) is 0 Å². The molecule has 0 unspecified atom stereocenters. The van der Waals surface area contributed by atoms with E-state index in [1.807, 2.05) is 12.1 Å². The van der Waals surface area contributed by atoms with Crippen molar-refractivity contribution < 1.29 is 0 Å². The summed E-state index contributed by atoms with van der Waals surface area (Å²) in [4.78, 5) is 8.75. The summed E-state index contributed by atoms with van der Waals surface area (Å²) in [5.41, 5.74) is 7.97. The summed E-state index contributed by atoms with van der Waals surface area (Å²) in [5, 5.41) is 15.0. The Morgan fingerprint density at radius 2 is 2.00 bits per heavy atom. The monoisotopic (exact) mass is 318 g/mol. The Kier molecular flexibility index (Phi) is 4.60. The third-order valence-electron chi connectivity index (χ3n) is 3.88. The maximum Gasteiger partial charge on any atom is 0.229 e. The van der Waals surface area contributed by atoms with Crippen molar-refractivity contribution in [3.05, 3.63) is 41.6 Å². The van der Waals surface area contributed by atoms with E-state index in [4.69, 9.17) is 11.0 Å². The molecule has 0 radical (unpaired) electrons. The maximum atomic E-state index is 8.82. The highest BCUT2D eigenvalue weighted by atomic mass is 15.1. The number of benzene rings is 1. The highest BCUT2D eigenvalue weighted by molar-refractivity contribution is 5.59. The van der Waals surface area contributed by atoms with Crippen molar-refractivity contribution in [1.82, 2.24) is 9.97 Å². The van der Waals surface area contributed by atoms with Crippen LogP contribution >= 0.6 is 0 Å². The van der Waals surface area contributed by atoms with Crippen molar-refractivity contribution in [3.8, 4) is 17.9 Å². The zero-order valence-corrected chi connectivity index (χ0v) is 13.4. The lowest BCUT2D eigenvalue weighted by molar-refractivity contribution is 0.335. The smallest absolute Gasteiger partial charge is 0.229 e. The molecule has 0 amide bonds. The average Bonchev–Trinajstić information content (AvgIpc) is 2.59. The van der Waals surface area contributed by atoms with Crippen LogP contribution in [0.4, 0.5) is 17.5 Å². The number of hydrogen-bond acceptors (Lipinski definition) is 6. The van der Waals surface area contributed by atoms with E-state index in [1.54, 1.807) is 25.4 Å². The summed E-state index contributed by atoms with van der Waals surface area (Å²) in [6.45, 7) is 0. The van der Waals surface area contributed by atoms with E-state index < -0.39 is 0 Å². The molecule has 1 aliphatic carbocycles. The first kappa shape index (κ1) is 15.8. The van der Waals surface area contributed by atoms with Crippen LogP contribution in [-0.2, 0) is 0 Å². The fraction of sp³-hybridized carbons (Fsp3) is 0.278. The molecule has 6 heteroatoms. The maximum absolute atomic E-state index is 8.82. The first-order chi connectivity index (χ1) is 11.7. The highest BCUT2D eigenvalue weighted by Crippen LogP contribution is 2.25. The van der Waals surface area contributed by atoms with Gasteiger partial charge in [-0.3, -0.25) is 0 Å². The van der Waals surface area contributed by atoms with Crippen LogP contribution in [0, 0.1) is 29.1 Å². The van der Waals surface area contributed by atoms with E-state index in [1.165, 1.54) is 0 Å². The Labute approximate surface area is 141 Å². The van der Waals surface area contributed by atoms with Gasteiger partial charge >= 0.3 is 0 Å². The molecule has 1 fully saturated rings. The van der Waals surface area contributed by atoms with Crippen molar-refractivity contribution in [2.75, 3.05) is 17.7 Å². The second kappa shape index (κ2) is 6.99. The number of aromatic nitrogens is 2. The lowest BCUT2D eigenvalue weighted by atomic mass is 9.81. The number of nitrogens with two attached hydrogens (primary N) is 1. The molecule has 1 aromatic heterocycles. The zero-order chi connectivity index (χ0) is 16.9. The Morgan fingerprint density at radius 1 is 1.25 bits per heavy atom. The van der Waals surface area contributed by atoms with Gasteiger partial charge in [0.1, 0.15) is 5.82 Å². The minimum Gasteiger partial charge on any atom is -0.372 e. The van der Waals surface area contributed by atoms with Crippen LogP contribution in [0.5, 0.6) is 0 Å². The van der Waals surface area contributed by atoms with Crippen LogP contribution in [0.25, 0.3) is 0 Å². The molecule has 1 aliphatic rings. The molecule has 2 aromatic rings. The lowest BCUT2D eigenvalue weighted by Gasteiger charge is -2.27. The third-order valence-corrected chi connectivity index (χ3v) is 3.88. The summed E-state index contributed by atoms with van der Waals surface area (Å²) in [6, 6.07) is 9.49. The summed E-state index contributed by atoms with van der Waals surface area (Å²) in [7, 11) is 1.80. The molecule has 0 saturated heterocycles. The third kappa shape index (κ3) is 3.62. The number of anilines is 3. The van der Waals surface area contributed by atoms with Crippen LogP contribution in [0.15, 0.2) is 30.5 Å². The molecule has 6 nitrogen and oxygen atoms in total. The van der Waals surface area contributed by atoms with E-state index in [0.29, 0.717) is 29.3 Å². The molecule has 0 bridgehead atoms. The second-order valence-electron chi connectivity index (χ2n) is 5.72. The average molecular weight is 318 g/mol. The van der Waals surface area contributed by atoms with Gasteiger partial charge in [-0.2, -0.15) is 10.2 Å². The number of hydrogen-bond donors (Lipinski definition) is 3. The molecule has 0 atom stereocenters. The van der Waals surface area contributed by atoms with Crippen LogP contribution in [0.3, 0.4) is 0 Å². The first-order valence-corrected chi connectivity index (χ1v) is 7.77. The topological polar surface area (TPSA) is 99.6 Å². The Morgan fingerprint density at radius 3 is 2.62 bits per heavy atom. The summed E-state index contributed by atoms with van der Waals surface area (Å²) in [5.74, 6) is 7.88. The van der Waals surface area contributed by atoms with Crippen molar-refractivity contribution in [2.45, 2.75) is 18.9 Å². The van der Waals surface area contributed by atoms with Gasteiger partial charge in [-0.25, -0.2) is 4.98 Å². The minimum absolute atomic E-state index is 0.295. The quantitative estimate of drug-likeness (QED) is 0.750. The highest BCUT2D eigenvalue weighted by Gasteiger charge is 2.23. The molecule has 120 valence electrons. The van der Waals surface area contributed by atoms with Gasteiger partial charge in [0.05, 0.1) is 23.4 Å². The van der Waals surface area contributed by atoms with Gasteiger partial charge in [0, 0.05) is 24.7 Å². The Bertz CT molecular complexity index is 819. The molecule has 0 aliphatic heterocycles. The molecular weight excluding hydrogens is 300 g/mol. The molecule has 1 heterocycles. The summed E-state index contributed by atoms with van der Waals surface area (Å²) < 4.78 is 0. The standard InChI is InChI=1S/C18H18N6/c1-21-17-14(5-2-13-8-15(20)9-13)11-22-18(24-17)23-16-6-3-12(10-19)4-7-16/h3-4,6-7,11,13,15H,8-9,20H2,1H3,(H2,21,22,23,24)/t13-,15+. The fourth-order valence-corrected chi connectivity index (χ4v) is 2.44. The van der Waals surface area contributed by atoms with Crippen molar-refractivity contribution in [1.29, 1.82) is 5.26 Å². The number of rotatable bonds is 3. The van der Waals surface area contributed by atoms with Crippen molar-refractivity contribution >= 4 is 17.5 Å². The van der Waals surface area contributed by atoms with E-state index >= 15 is 0 Å². The van der Waals surface area contributed by atoms with Gasteiger partial charge in [0.2, 0.25) is 5.95 Å². The van der Waals surface area contributed by atoms with Gasteiger partial charge in [0.25, 0.3) is 0 Å². The van der Waals surface area contributed by atoms with Crippen LogP contribution in [0.2, 0.25) is 0 Å². The molecule has 24 heavy (non-hydrogen) atoms. The summed E-state index contributed by atoms with van der Waals surface area (Å²) >= 11 is 0. The van der Waals surface area contributed by atoms with E-state index in [0.717, 1.165) is 24.1 Å². The van der Waals surface area contributed by atoms with Crippen LogP contribution in [-0.4, -0.2) is 23.1 Å².